The lowest BCUT2D eigenvalue weighted by Crippen LogP contribution is -2.30. The average molecular weight is 1370 g/mol. The van der Waals surface area contributed by atoms with E-state index in [2.05, 4.69) is 55.4 Å². The van der Waals surface area contributed by atoms with Crippen LogP contribution < -0.4 is 0 Å². The van der Waals surface area contributed by atoms with Crippen LogP contribution in [0.1, 0.15) is 370 Å². The van der Waals surface area contributed by atoms with Gasteiger partial charge in [-0.25, -0.2) is 9.13 Å². The summed E-state index contributed by atoms with van der Waals surface area (Å²) in [6.07, 6.45) is 47.5. The number of esters is 4. The zero-order valence-electron chi connectivity index (χ0n) is 60.9. The van der Waals surface area contributed by atoms with Crippen molar-refractivity contribution in [3.8, 4) is 0 Å². The summed E-state index contributed by atoms with van der Waals surface area (Å²) < 4.78 is 68.3. The predicted octanol–water partition coefficient (Wildman–Crippen LogP) is 21.3. The largest absolute Gasteiger partial charge is 0.472 e. The Bertz CT molecular complexity index is 1840. The minimum absolute atomic E-state index is 0.102. The quantitative estimate of drug-likeness (QED) is 0.0222. The van der Waals surface area contributed by atoms with E-state index in [4.69, 9.17) is 37.0 Å². The summed E-state index contributed by atoms with van der Waals surface area (Å²) in [5.41, 5.74) is 0. The molecule has 552 valence electrons. The third-order valence-corrected chi connectivity index (χ3v) is 20.1. The molecule has 0 rings (SSSR count). The van der Waals surface area contributed by atoms with Crippen LogP contribution in [0.2, 0.25) is 0 Å². The van der Waals surface area contributed by atoms with Gasteiger partial charge in [0.25, 0.3) is 0 Å². The molecule has 0 bridgehead atoms. The predicted molar refractivity (Wildman–Crippen MR) is 377 cm³/mol. The van der Waals surface area contributed by atoms with Crippen molar-refractivity contribution in [2.24, 2.45) is 23.7 Å². The fraction of sp³-hybridized carbons (Fsp3) is 0.946. The van der Waals surface area contributed by atoms with Crippen LogP contribution in [0.3, 0.4) is 0 Å². The van der Waals surface area contributed by atoms with Crippen molar-refractivity contribution < 1.29 is 80.2 Å². The number of unbranched alkanes of at least 4 members (excludes halogenated alkanes) is 34. The average Bonchev–Trinajstić information content (AvgIpc) is 3.54. The van der Waals surface area contributed by atoms with Gasteiger partial charge in [0.15, 0.2) is 12.2 Å². The minimum Gasteiger partial charge on any atom is -0.462 e. The molecule has 0 aliphatic carbocycles. The van der Waals surface area contributed by atoms with Gasteiger partial charge in [0.1, 0.15) is 19.3 Å². The highest BCUT2D eigenvalue weighted by Crippen LogP contribution is 2.45. The number of ether oxygens (including phenoxy) is 4. The molecular formula is C74H144O17P2. The number of rotatable bonds is 71. The van der Waals surface area contributed by atoms with Crippen molar-refractivity contribution >= 4 is 39.5 Å². The van der Waals surface area contributed by atoms with Gasteiger partial charge in [-0.15, -0.1) is 0 Å². The SMILES string of the molecule is CCC(C)CCCCCCCCCCCCCCCCCCCCC(=O)O[C@H](COC(=O)CCCCCCCCCCC(C)CC)COP(=O)(O)OC[C@@H](O)COP(=O)(O)OC[C@@H](COC(=O)CCCCCCCCC(C)C)OC(=O)CCCCCCCCC(C)CC. The summed E-state index contributed by atoms with van der Waals surface area (Å²) in [4.78, 5) is 72.6. The first-order valence-electron chi connectivity index (χ1n) is 38.3. The minimum atomic E-state index is -4.96. The second kappa shape index (κ2) is 63.5. The molecule has 0 saturated carbocycles. The van der Waals surface area contributed by atoms with Crippen molar-refractivity contribution in [3.63, 3.8) is 0 Å². The second-order valence-corrected chi connectivity index (χ2v) is 30.8. The van der Waals surface area contributed by atoms with Crippen LogP contribution >= 0.6 is 15.6 Å². The van der Waals surface area contributed by atoms with E-state index in [1.54, 1.807) is 0 Å². The number of carbonyl (C=O) groups is 4. The van der Waals surface area contributed by atoms with E-state index < -0.39 is 97.5 Å². The van der Waals surface area contributed by atoms with Crippen molar-refractivity contribution in [1.29, 1.82) is 0 Å². The summed E-state index contributed by atoms with van der Waals surface area (Å²) in [5, 5.41) is 10.6. The molecule has 0 spiro atoms. The van der Waals surface area contributed by atoms with Gasteiger partial charge in [-0.3, -0.25) is 37.3 Å². The zero-order chi connectivity index (χ0) is 68.9. The maximum atomic E-state index is 13.1. The van der Waals surface area contributed by atoms with Gasteiger partial charge in [0.2, 0.25) is 0 Å². The summed E-state index contributed by atoms with van der Waals surface area (Å²) in [5.74, 6) is 0.918. The standard InChI is InChI=1S/C74H144O17P2/c1-9-65(6)51-43-35-26-22-20-18-16-14-12-13-15-17-19-21-23-29-40-48-56-73(78)90-69(60-84-71(76)54-46-38-28-25-24-27-36-44-52-66(7)10-2)62-88-92(80,81)86-58-68(75)59-87-93(82,83)89-63-70(61-85-72(77)55-47-39-32-30-34-42-50-64(4)5)91-74(79)57-49-41-33-31-37-45-53-67(8)11-3/h64-70,75H,9-63H2,1-8H3,(H,80,81)(H,82,83)/t65?,66?,67?,68-,69-,70-/m1/s1. The van der Waals surface area contributed by atoms with Crippen LogP contribution in [0.25, 0.3) is 0 Å². The first kappa shape index (κ1) is 91.1. The Morgan fingerprint density at radius 1 is 0.301 bits per heavy atom. The van der Waals surface area contributed by atoms with E-state index in [0.29, 0.717) is 31.6 Å². The van der Waals surface area contributed by atoms with Gasteiger partial charge in [-0.1, -0.05) is 319 Å². The molecule has 19 heteroatoms. The van der Waals surface area contributed by atoms with Gasteiger partial charge < -0.3 is 33.8 Å². The number of hydrogen-bond donors (Lipinski definition) is 3. The lowest BCUT2D eigenvalue weighted by molar-refractivity contribution is -0.161. The van der Waals surface area contributed by atoms with E-state index in [1.807, 2.05) is 0 Å². The Hall–Kier alpha value is -1.94. The van der Waals surface area contributed by atoms with E-state index in [1.165, 1.54) is 167 Å². The Kier molecular flexibility index (Phi) is 62.2. The van der Waals surface area contributed by atoms with Crippen molar-refractivity contribution in [1.82, 2.24) is 0 Å². The van der Waals surface area contributed by atoms with Crippen LogP contribution in [-0.2, 0) is 65.4 Å². The van der Waals surface area contributed by atoms with Gasteiger partial charge in [0.05, 0.1) is 26.4 Å². The molecule has 8 atom stereocenters. The summed E-state index contributed by atoms with van der Waals surface area (Å²) in [7, 11) is -9.91. The first-order valence-corrected chi connectivity index (χ1v) is 41.3. The van der Waals surface area contributed by atoms with Crippen LogP contribution in [0, 0.1) is 23.7 Å². The van der Waals surface area contributed by atoms with Crippen LogP contribution in [0.4, 0.5) is 0 Å². The number of carbonyl (C=O) groups excluding carboxylic acids is 4. The van der Waals surface area contributed by atoms with E-state index >= 15 is 0 Å². The first-order chi connectivity index (χ1) is 44.7. The van der Waals surface area contributed by atoms with Crippen LogP contribution in [-0.4, -0.2) is 96.7 Å². The Morgan fingerprint density at radius 3 is 0.763 bits per heavy atom. The molecule has 17 nitrogen and oxygen atoms in total. The number of phosphoric acid groups is 2. The summed E-state index contributed by atoms with van der Waals surface area (Å²) in [6.45, 7) is 14.1. The second-order valence-electron chi connectivity index (χ2n) is 27.9. The number of hydrogen-bond acceptors (Lipinski definition) is 15. The molecule has 0 radical (unpaired) electrons. The van der Waals surface area contributed by atoms with Crippen LogP contribution in [0.5, 0.6) is 0 Å². The lowest BCUT2D eigenvalue weighted by atomic mass is 9.99. The van der Waals surface area contributed by atoms with Gasteiger partial charge in [-0.2, -0.15) is 0 Å². The molecule has 0 aliphatic rings. The van der Waals surface area contributed by atoms with E-state index in [0.717, 1.165) is 114 Å². The highest BCUT2D eigenvalue weighted by Gasteiger charge is 2.30. The van der Waals surface area contributed by atoms with Gasteiger partial charge >= 0.3 is 39.5 Å². The third-order valence-electron chi connectivity index (χ3n) is 18.2. The molecule has 3 N–H and O–H groups in total. The third kappa shape index (κ3) is 64.5. The molecule has 0 saturated heterocycles. The molecular weight excluding hydrogens is 1220 g/mol. The van der Waals surface area contributed by atoms with Crippen molar-refractivity contribution in [3.05, 3.63) is 0 Å². The molecule has 0 aromatic carbocycles. The maximum absolute atomic E-state index is 13.1. The smallest absolute Gasteiger partial charge is 0.462 e. The fourth-order valence-electron chi connectivity index (χ4n) is 11.1. The maximum Gasteiger partial charge on any atom is 0.472 e. The van der Waals surface area contributed by atoms with E-state index in [-0.39, 0.29) is 25.7 Å². The van der Waals surface area contributed by atoms with Gasteiger partial charge in [0, 0.05) is 25.7 Å². The number of phosphoric ester groups is 2. The molecule has 0 aromatic heterocycles. The van der Waals surface area contributed by atoms with Crippen molar-refractivity contribution in [2.75, 3.05) is 39.6 Å². The van der Waals surface area contributed by atoms with Gasteiger partial charge in [-0.05, 0) is 49.4 Å². The normalized spacial score (nSPS) is 15.1. The molecule has 5 unspecified atom stereocenters. The molecule has 0 heterocycles. The molecule has 0 amide bonds. The summed E-state index contributed by atoms with van der Waals surface area (Å²) >= 11 is 0. The highest BCUT2D eigenvalue weighted by atomic mass is 31.2. The van der Waals surface area contributed by atoms with Crippen molar-refractivity contribution in [2.45, 2.75) is 388 Å². The topological polar surface area (TPSA) is 237 Å². The molecule has 0 aliphatic heterocycles. The number of aliphatic hydroxyl groups is 1. The van der Waals surface area contributed by atoms with E-state index in [9.17, 15) is 43.2 Å². The highest BCUT2D eigenvalue weighted by molar-refractivity contribution is 7.47. The Morgan fingerprint density at radius 2 is 0.516 bits per heavy atom. The Labute approximate surface area is 568 Å². The molecule has 0 fully saturated rings. The Balaban J connectivity index is 5.17. The van der Waals surface area contributed by atoms with Crippen LogP contribution in [0.15, 0.2) is 0 Å². The lowest BCUT2D eigenvalue weighted by Gasteiger charge is -2.21. The molecule has 93 heavy (non-hydrogen) atoms. The number of aliphatic hydroxyl groups excluding tert-OH is 1. The fourth-order valence-corrected chi connectivity index (χ4v) is 12.7. The monoisotopic (exact) mass is 1370 g/mol. The zero-order valence-corrected chi connectivity index (χ0v) is 62.7. The molecule has 0 aromatic rings. The summed E-state index contributed by atoms with van der Waals surface area (Å²) in [6, 6.07) is 0.